The van der Waals surface area contributed by atoms with E-state index in [0.29, 0.717) is 16.7 Å². The number of aromatic nitrogens is 2. The van der Waals surface area contributed by atoms with E-state index in [0.717, 1.165) is 32.1 Å². The van der Waals surface area contributed by atoms with E-state index in [2.05, 4.69) is 5.10 Å². The van der Waals surface area contributed by atoms with Crippen molar-refractivity contribution < 1.29 is 14.5 Å². The van der Waals surface area contributed by atoms with Crippen molar-refractivity contribution in [2.24, 2.45) is 10.8 Å². The zero-order valence-corrected chi connectivity index (χ0v) is 17.8. The van der Waals surface area contributed by atoms with Crippen molar-refractivity contribution in [3.8, 4) is 5.75 Å². The van der Waals surface area contributed by atoms with E-state index in [1.165, 1.54) is 29.1 Å². The molecule has 1 aliphatic carbocycles. The van der Waals surface area contributed by atoms with Crippen LogP contribution < -0.4 is 16.0 Å². The minimum absolute atomic E-state index is 0.0869. The monoisotopic (exact) mass is 449 g/mol. The molecule has 170 valence electrons. The number of fused-ring (bicyclic) bond motifs is 1. The van der Waals surface area contributed by atoms with Gasteiger partial charge in [0.1, 0.15) is 11.6 Å². The summed E-state index contributed by atoms with van der Waals surface area (Å²) < 4.78 is 6.65. The molecule has 0 bridgehead atoms. The maximum atomic E-state index is 13.3. The number of nitrogens with two attached hydrogens (primary N) is 1. The van der Waals surface area contributed by atoms with Crippen molar-refractivity contribution >= 4 is 28.7 Å². The number of amides is 1. The third kappa shape index (κ3) is 4.89. The second-order valence-electron chi connectivity index (χ2n) is 7.92. The first-order valence-electron chi connectivity index (χ1n) is 10.7. The molecule has 0 unspecified atom stereocenters. The molecule has 2 N–H and O–H groups in total. The average Bonchev–Trinajstić information content (AvgIpc) is 2.82. The molecule has 4 rings (SSSR count). The lowest BCUT2D eigenvalue weighted by atomic mass is 9.88. The van der Waals surface area contributed by atoms with Crippen LogP contribution in [0.4, 0.5) is 5.69 Å². The smallest absolute Gasteiger partial charge is 0.282 e. The molecule has 33 heavy (non-hydrogen) atoms. The highest BCUT2D eigenvalue weighted by Crippen LogP contribution is 2.32. The van der Waals surface area contributed by atoms with Gasteiger partial charge in [-0.05, 0) is 31.0 Å². The number of rotatable bonds is 7. The first-order valence-corrected chi connectivity index (χ1v) is 10.7. The van der Waals surface area contributed by atoms with Crippen LogP contribution in [0.15, 0.2) is 52.4 Å². The summed E-state index contributed by atoms with van der Waals surface area (Å²) in [6.07, 6.45) is 6.37. The van der Waals surface area contributed by atoms with E-state index < -0.39 is 17.4 Å². The molecule has 10 heteroatoms. The number of hydrogen-bond acceptors (Lipinski definition) is 7. The molecular weight excluding hydrogens is 426 g/mol. The van der Waals surface area contributed by atoms with Gasteiger partial charge in [0.25, 0.3) is 17.2 Å². The van der Waals surface area contributed by atoms with Crippen LogP contribution in [0.5, 0.6) is 5.75 Å². The minimum atomic E-state index is -0.689. The number of nitro benzene ring substituents is 1. The molecule has 1 saturated carbocycles. The molecule has 10 nitrogen and oxygen atoms in total. The predicted molar refractivity (Wildman–Crippen MR) is 123 cm³/mol. The lowest BCUT2D eigenvalue weighted by Gasteiger charge is -2.22. The summed E-state index contributed by atoms with van der Waals surface area (Å²) in [6, 6.07) is 11.0. The van der Waals surface area contributed by atoms with Crippen molar-refractivity contribution in [1.82, 2.24) is 9.66 Å². The van der Waals surface area contributed by atoms with Gasteiger partial charge in [0.2, 0.25) is 0 Å². The van der Waals surface area contributed by atoms with Crippen LogP contribution in [-0.4, -0.2) is 33.3 Å². The van der Waals surface area contributed by atoms with E-state index in [9.17, 15) is 19.7 Å². The highest BCUT2D eigenvalue weighted by Gasteiger charge is 2.22. The van der Waals surface area contributed by atoms with Crippen molar-refractivity contribution in [3.63, 3.8) is 0 Å². The molecule has 3 aromatic rings. The number of benzene rings is 2. The molecule has 0 saturated heterocycles. The first kappa shape index (κ1) is 22.1. The third-order valence-corrected chi connectivity index (χ3v) is 5.64. The number of para-hydroxylation sites is 1. The molecule has 1 amide bonds. The van der Waals surface area contributed by atoms with Crippen molar-refractivity contribution in [2.75, 3.05) is 6.61 Å². The number of primary amides is 1. The number of nitrogens with zero attached hydrogens (tertiary/aromatic N) is 4. The van der Waals surface area contributed by atoms with E-state index in [1.54, 1.807) is 18.2 Å². The highest BCUT2D eigenvalue weighted by atomic mass is 16.6. The molecule has 1 heterocycles. The standard InChI is InChI=1S/C23H23N5O5/c24-21(29)14-33-20-11-10-17(28(31)32)12-16(20)13-25-27-22(15-6-2-1-3-7-15)26-19-9-5-4-8-18(19)23(27)30/h4-5,8-13,15H,1-3,6-7,14H2,(H2,24,29). The van der Waals surface area contributed by atoms with E-state index in [4.69, 9.17) is 15.5 Å². The lowest BCUT2D eigenvalue weighted by molar-refractivity contribution is -0.384. The number of nitro groups is 1. The third-order valence-electron chi connectivity index (χ3n) is 5.64. The zero-order valence-electron chi connectivity index (χ0n) is 17.8. The second-order valence-corrected chi connectivity index (χ2v) is 7.92. The van der Waals surface area contributed by atoms with Crippen molar-refractivity contribution in [2.45, 2.75) is 38.0 Å². The van der Waals surface area contributed by atoms with Gasteiger partial charge in [-0.25, -0.2) is 4.98 Å². The Morgan fingerprint density at radius 2 is 2.00 bits per heavy atom. The van der Waals surface area contributed by atoms with Gasteiger partial charge in [0.15, 0.2) is 6.61 Å². The van der Waals surface area contributed by atoms with Crippen LogP contribution >= 0.6 is 0 Å². The zero-order chi connectivity index (χ0) is 23.4. The average molecular weight is 449 g/mol. The number of ether oxygens (including phenoxy) is 1. The molecule has 2 aromatic carbocycles. The van der Waals surface area contributed by atoms with Crippen LogP contribution in [0.1, 0.15) is 49.4 Å². The van der Waals surface area contributed by atoms with E-state index in [1.807, 2.05) is 6.07 Å². The largest absolute Gasteiger partial charge is 0.483 e. The molecule has 0 atom stereocenters. The van der Waals surface area contributed by atoms with E-state index >= 15 is 0 Å². The Labute approximate surface area is 188 Å². The van der Waals surface area contributed by atoms with Gasteiger partial charge in [0, 0.05) is 23.6 Å². The normalized spacial score (nSPS) is 14.5. The van der Waals surface area contributed by atoms with Crippen molar-refractivity contribution in [1.29, 1.82) is 0 Å². The fourth-order valence-electron chi connectivity index (χ4n) is 4.03. The highest BCUT2D eigenvalue weighted by molar-refractivity contribution is 5.85. The van der Waals surface area contributed by atoms with E-state index in [-0.39, 0.29) is 28.5 Å². The number of hydrogen-bond donors (Lipinski definition) is 1. The van der Waals surface area contributed by atoms with Gasteiger partial charge in [-0.15, -0.1) is 0 Å². The molecular formula is C23H23N5O5. The summed E-state index contributed by atoms with van der Waals surface area (Å²) in [5, 5.41) is 16.1. The molecule has 0 spiro atoms. The number of carbonyl (C=O) groups excluding carboxylic acids is 1. The summed E-state index contributed by atoms with van der Waals surface area (Å²) in [4.78, 5) is 39.9. The van der Waals surface area contributed by atoms with Gasteiger partial charge in [-0.1, -0.05) is 31.4 Å². The van der Waals surface area contributed by atoms with Crippen LogP contribution in [0.3, 0.4) is 0 Å². The Morgan fingerprint density at radius 3 is 2.73 bits per heavy atom. The molecule has 1 aromatic heterocycles. The lowest BCUT2D eigenvalue weighted by Crippen LogP contribution is -2.25. The number of non-ortho nitro benzene ring substituents is 1. The van der Waals surface area contributed by atoms with Crippen LogP contribution in [0, 0.1) is 10.1 Å². The summed E-state index contributed by atoms with van der Waals surface area (Å²) in [6.45, 7) is -0.399. The summed E-state index contributed by atoms with van der Waals surface area (Å²) in [5.41, 5.74) is 5.49. The molecule has 0 radical (unpaired) electrons. The first-order chi connectivity index (χ1) is 15.9. The van der Waals surface area contributed by atoms with Gasteiger partial charge in [-0.3, -0.25) is 19.7 Å². The molecule has 1 fully saturated rings. The summed E-state index contributed by atoms with van der Waals surface area (Å²) in [5.74, 6) is 0.151. The van der Waals surface area contributed by atoms with Gasteiger partial charge in [0.05, 0.1) is 22.0 Å². The fraction of sp³-hybridized carbons (Fsp3) is 0.304. The minimum Gasteiger partial charge on any atom is -0.483 e. The number of carbonyl (C=O) groups is 1. The summed E-state index contributed by atoms with van der Waals surface area (Å²) >= 11 is 0. The SMILES string of the molecule is NC(=O)COc1ccc([N+](=O)[O-])cc1C=Nn1c(C2CCCCC2)nc2ccccc2c1=O. The van der Waals surface area contributed by atoms with Crippen LogP contribution in [0.2, 0.25) is 0 Å². The maximum absolute atomic E-state index is 13.3. The van der Waals surface area contributed by atoms with Gasteiger partial charge < -0.3 is 10.5 Å². The second kappa shape index (κ2) is 9.60. The quantitative estimate of drug-likeness (QED) is 0.333. The fourth-order valence-corrected chi connectivity index (χ4v) is 4.03. The van der Waals surface area contributed by atoms with Gasteiger partial charge >= 0.3 is 0 Å². The van der Waals surface area contributed by atoms with Crippen molar-refractivity contribution in [3.05, 3.63) is 74.3 Å². The Kier molecular flexibility index (Phi) is 6.43. The van der Waals surface area contributed by atoms with Crippen LogP contribution in [0.25, 0.3) is 10.9 Å². The maximum Gasteiger partial charge on any atom is 0.282 e. The molecule has 1 aliphatic rings. The topological polar surface area (TPSA) is 143 Å². The van der Waals surface area contributed by atoms with Gasteiger partial charge in [-0.2, -0.15) is 9.78 Å². The Hall–Kier alpha value is -4.08. The Bertz CT molecular complexity index is 1290. The predicted octanol–water partition coefficient (Wildman–Crippen LogP) is 3.10. The Morgan fingerprint density at radius 1 is 1.24 bits per heavy atom. The Balaban J connectivity index is 1.82. The molecule has 0 aliphatic heterocycles. The summed E-state index contributed by atoms with van der Waals surface area (Å²) in [7, 11) is 0. The van der Waals surface area contributed by atoms with Crippen LogP contribution in [-0.2, 0) is 4.79 Å².